The summed E-state index contributed by atoms with van der Waals surface area (Å²) in [5.41, 5.74) is 17.9. The summed E-state index contributed by atoms with van der Waals surface area (Å²) >= 11 is 4.58. The van der Waals surface area contributed by atoms with Crippen LogP contribution in [0.15, 0.2) is 105 Å². The van der Waals surface area contributed by atoms with Crippen LogP contribution in [0.1, 0.15) is 206 Å². The molecule has 0 spiro atoms. The lowest BCUT2D eigenvalue weighted by Gasteiger charge is -2.16. The molecular formula is C66H112N8O11S3. The Kier molecular flexibility index (Phi) is 55.6. The van der Waals surface area contributed by atoms with Crippen molar-refractivity contribution in [1.29, 1.82) is 0 Å². The van der Waals surface area contributed by atoms with Crippen LogP contribution in [0.4, 0.5) is 0 Å². The highest BCUT2D eigenvalue weighted by Gasteiger charge is 2.22. The average Bonchev–Trinajstić information content (AvgIpc) is 3.47. The number of nitrogens with one attached hydrogen (secondary N) is 6. The number of carbonyl (C=O) groups excluding carboxylic acids is 6. The normalized spacial score (nSPS) is 12.9. The van der Waals surface area contributed by atoms with Crippen LogP contribution < -0.4 is 44.0 Å². The summed E-state index contributed by atoms with van der Waals surface area (Å²) in [5.74, 6) is 8.88. The predicted molar refractivity (Wildman–Crippen MR) is 367 cm³/mol. The highest BCUT2D eigenvalue weighted by atomic mass is 32.2. The van der Waals surface area contributed by atoms with Crippen LogP contribution in [0.2, 0.25) is 0 Å². The Labute approximate surface area is 540 Å². The number of allylic oxidation sites excluding steroid dienone is 15. The molecule has 22 heteroatoms. The summed E-state index contributed by atoms with van der Waals surface area (Å²) in [6.07, 6.45) is 32.9. The molecule has 6 amide bonds. The van der Waals surface area contributed by atoms with Gasteiger partial charge in [-0.1, -0.05) is 112 Å². The third-order valence-corrected chi connectivity index (χ3v) is 15.7. The second-order valence-electron chi connectivity index (χ2n) is 22.4. The van der Waals surface area contributed by atoms with E-state index in [4.69, 9.17) is 27.1 Å². The maximum absolute atomic E-state index is 11.8. The van der Waals surface area contributed by atoms with Gasteiger partial charge in [0.1, 0.15) is 18.1 Å². The molecular weight excluding hydrogens is 1180 g/mol. The van der Waals surface area contributed by atoms with E-state index in [1.54, 1.807) is 11.8 Å². The SMILES string of the molecule is CC(C)=CCC/C(C)=C/CC/C(C)=C/CSCC(NC(=O)CCC(=O)O)C(=O)NN.CC(C)=CCC/C(C)=C/CC/C(C)=C/CSCC(NC(=O)CCC(=O)O)C(=O)NO.CCCC(=O)N[C@@H](CSC/C=C(\C)CC/C=C(\C)CCC=C(C)C)C(=O)NN. The number of aliphatic carboxylic acids is 2. The van der Waals surface area contributed by atoms with Gasteiger partial charge in [0.15, 0.2) is 0 Å². The molecule has 0 saturated heterocycles. The molecule has 0 radical (unpaired) electrons. The van der Waals surface area contributed by atoms with Crippen LogP contribution in [0.25, 0.3) is 0 Å². The van der Waals surface area contributed by atoms with Crippen LogP contribution in [0, 0.1) is 0 Å². The fourth-order valence-electron chi connectivity index (χ4n) is 7.47. The molecule has 0 aromatic rings. The molecule has 3 atom stereocenters. The van der Waals surface area contributed by atoms with Gasteiger partial charge in [0.25, 0.3) is 17.7 Å². The maximum Gasteiger partial charge on any atom is 0.303 e. The number of hydrazine groups is 2. The van der Waals surface area contributed by atoms with E-state index in [1.807, 2.05) is 12.3 Å². The van der Waals surface area contributed by atoms with E-state index in [0.717, 1.165) is 89.2 Å². The zero-order valence-corrected chi connectivity index (χ0v) is 57.8. The van der Waals surface area contributed by atoms with Crippen LogP contribution in [0.5, 0.6) is 0 Å². The van der Waals surface area contributed by atoms with Gasteiger partial charge in [0, 0.05) is 53.8 Å². The summed E-state index contributed by atoms with van der Waals surface area (Å²) in [6.45, 7) is 27.5. The highest BCUT2D eigenvalue weighted by Crippen LogP contribution is 2.17. The van der Waals surface area contributed by atoms with E-state index in [9.17, 15) is 38.4 Å². The number of amides is 6. The van der Waals surface area contributed by atoms with Crippen LogP contribution in [-0.2, 0) is 38.4 Å². The molecule has 0 aliphatic heterocycles. The summed E-state index contributed by atoms with van der Waals surface area (Å²) < 4.78 is 0. The van der Waals surface area contributed by atoms with Crippen molar-refractivity contribution >= 4 is 82.7 Å². The van der Waals surface area contributed by atoms with Crippen molar-refractivity contribution in [3.05, 3.63) is 105 Å². The van der Waals surface area contributed by atoms with E-state index >= 15 is 0 Å². The fourth-order valence-corrected chi connectivity index (χ4v) is 10.5. The second kappa shape index (κ2) is 56.6. The number of carboxylic acids is 2. The first-order valence-electron chi connectivity index (χ1n) is 30.4. The molecule has 0 aliphatic carbocycles. The van der Waals surface area contributed by atoms with Crippen LogP contribution in [0.3, 0.4) is 0 Å². The first-order valence-corrected chi connectivity index (χ1v) is 33.9. The fraction of sp³-hybridized carbons (Fsp3) is 0.606. The van der Waals surface area contributed by atoms with Crippen molar-refractivity contribution in [3.63, 3.8) is 0 Å². The number of carbonyl (C=O) groups is 8. The summed E-state index contributed by atoms with van der Waals surface area (Å²) in [6, 6.07) is -2.29. The third kappa shape index (κ3) is 56.8. The number of nitrogens with two attached hydrogens (primary N) is 2. The smallest absolute Gasteiger partial charge is 0.303 e. The number of hydrogen-bond donors (Lipinski definition) is 11. The minimum atomic E-state index is -1.08. The quantitative estimate of drug-likeness (QED) is 0.00674. The Bertz CT molecular complexity index is 2270. The van der Waals surface area contributed by atoms with E-state index in [1.165, 1.54) is 79.2 Å². The van der Waals surface area contributed by atoms with Gasteiger partial charge in [-0.25, -0.2) is 17.2 Å². The number of hydroxylamine groups is 1. The molecule has 500 valence electrons. The van der Waals surface area contributed by atoms with Gasteiger partial charge in [-0.05, 0) is 167 Å². The zero-order valence-electron chi connectivity index (χ0n) is 55.4. The standard InChI is InChI=1S/C22H37N3O4S.C22H39N3O2S.C22H36N2O5S/c1-16(2)7-5-8-17(3)9-6-10-18(4)13-14-30-15-19(22(29)25-23)24-20(26)11-12-21(27)28;1-6-9-21(26)24-20(22(27)25-23)16-28-15-14-19(5)13-8-12-18(4)11-7-10-17(2)3;1-16(2)7-5-8-17(3)9-6-10-18(4)13-14-30-15-19(22(28)24-29)23-20(25)11-12-21(26)27/h7,9,13,19H,5-6,8,10-12,14-15,23H2,1-4H3,(H,24,26)(H,25,29)(H,27,28);10,12,14,20H,6-9,11,13,15-16,23H2,1-5H3,(H,24,26)(H,25,27);7,9,13,19,29H,5-6,8,10-12,14-15H2,1-4H3,(H,23,25)(H,24,28)(H,26,27)/b17-9+,18-13+;18-12+,19-14+;17-9+,18-13+/t;20-;/m.0./s1. The van der Waals surface area contributed by atoms with E-state index in [2.05, 4.69) is 159 Å². The molecule has 0 fully saturated rings. The van der Waals surface area contributed by atoms with Gasteiger partial charge in [0.2, 0.25) is 17.7 Å². The number of hydrogen-bond acceptors (Lipinski definition) is 14. The minimum Gasteiger partial charge on any atom is -0.481 e. The van der Waals surface area contributed by atoms with E-state index in [0.29, 0.717) is 29.4 Å². The molecule has 2 unspecified atom stereocenters. The van der Waals surface area contributed by atoms with Gasteiger partial charge in [-0.15, -0.1) is 0 Å². The van der Waals surface area contributed by atoms with Gasteiger partial charge in [-0.3, -0.25) is 54.4 Å². The molecule has 19 nitrogen and oxygen atoms in total. The molecule has 88 heavy (non-hydrogen) atoms. The predicted octanol–water partition coefficient (Wildman–Crippen LogP) is 11.9. The molecule has 0 aromatic heterocycles. The number of carboxylic acid groups (broad SMARTS) is 2. The van der Waals surface area contributed by atoms with Gasteiger partial charge in [-0.2, -0.15) is 35.3 Å². The molecule has 0 saturated carbocycles. The first-order chi connectivity index (χ1) is 41.6. The molecule has 0 rings (SSSR count). The van der Waals surface area contributed by atoms with Gasteiger partial charge in [0.05, 0.1) is 12.8 Å². The second-order valence-corrected chi connectivity index (χ2v) is 25.6. The monoisotopic (exact) mass is 1290 g/mol. The Balaban J connectivity index is -0.00000123. The largest absolute Gasteiger partial charge is 0.481 e. The van der Waals surface area contributed by atoms with Crippen LogP contribution >= 0.6 is 35.3 Å². The average molecular weight is 1290 g/mol. The molecule has 0 aliphatic rings. The van der Waals surface area contributed by atoms with Crippen LogP contribution in [-0.4, -0.2) is 115 Å². The van der Waals surface area contributed by atoms with Crippen molar-refractivity contribution in [2.45, 2.75) is 224 Å². The molecule has 0 heterocycles. The number of thioether (sulfide) groups is 3. The lowest BCUT2D eigenvalue weighted by atomic mass is 10.1. The zero-order chi connectivity index (χ0) is 67.2. The van der Waals surface area contributed by atoms with Gasteiger partial charge >= 0.3 is 11.9 Å². The lowest BCUT2D eigenvalue weighted by molar-refractivity contribution is -0.139. The highest BCUT2D eigenvalue weighted by molar-refractivity contribution is 7.99. The first kappa shape index (κ1) is 86.6. The topological polar surface area (TPSA) is 321 Å². The maximum atomic E-state index is 11.8. The van der Waals surface area contributed by atoms with Crippen molar-refractivity contribution in [2.24, 2.45) is 11.7 Å². The van der Waals surface area contributed by atoms with Crippen molar-refractivity contribution < 1.29 is 53.8 Å². The number of rotatable bonds is 44. The molecule has 0 aromatic carbocycles. The Hall–Kier alpha value is -5.65. The lowest BCUT2D eigenvalue weighted by Crippen LogP contribution is -2.50. The van der Waals surface area contributed by atoms with Crippen molar-refractivity contribution in [1.82, 2.24) is 32.3 Å². The summed E-state index contributed by atoms with van der Waals surface area (Å²) in [7, 11) is 0. The van der Waals surface area contributed by atoms with Crippen molar-refractivity contribution in [2.75, 3.05) is 34.5 Å². The molecule has 0 bridgehead atoms. The van der Waals surface area contributed by atoms with Crippen molar-refractivity contribution in [3.8, 4) is 0 Å². The Morgan fingerprint density at radius 3 is 0.852 bits per heavy atom. The Morgan fingerprint density at radius 1 is 0.364 bits per heavy atom. The minimum absolute atomic E-state index is 0.116. The van der Waals surface area contributed by atoms with Gasteiger partial charge < -0.3 is 26.2 Å². The van der Waals surface area contributed by atoms with E-state index < -0.39 is 53.7 Å². The molecule has 13 N–H and O–H groups in total. The summed E-state index contributed by atoms with van der Waals surface area (Å²) in [5, 5.41) is 33.8. The summed E-state index contributed by atoms with van der Waals surface area (Å²) in [4.78, 5) is 91.6. The third-order valence-electron chi connectivity index (χ3n) is 12.8. The Morgan fingerprint density at radius 2 is 0.614 bits per heavy atom. The van der Waals surface area contributed by atoms with E-state index in [-0.39, 0.29) is 43.3 Å².